The van der Waals surface area contributed by atoms with Gasteiger partial charge in [-0.2, -0.15) is 0 Å². The summed E-state index contributed by atoms with van der Waals surface area (Å²) in [6.45, 7) is 6.04. The van der Waals surface area contributed by atoms with Crippen molar-refractivity contribution in [2.45, 2.75) is 89.4 Å². The number of nitrogens with one attached hydrogen (secondary N) is 1. The molecule has 0 aromatic carbocycles. The molecule has 1 saturated heterocycles. The molecule has 28 heavy (non-hydrogen) atoms. The van der Waals surface area contributed by atoms with Crippen molar-refractivity contribution in [3.63, 3.8) is 0 Å². The van der Waals surface area contributed by atoms with Gasteiger partial charge in [0.05, 0.1) is 12.6 Å². The normalized spacial score (nSPS) is 33.0. The zero-order chi connectivity index (χ0) is 21.8. The monoisotopic (exact) mass is 411 g/mol. The van der Waals surface area contributed by atoms with Gasteiger partial charge >= 0.3 is 0 Å². The fourth-order valence-electron chi connectivity index (χ4n) is 3.01. The van der Waals surface area contributed by atoms with Crippen LogP contribution >= 0.6 is 0 Å². The maximum Gasteiger partial charge on any atom is 0.217 e. The van der Waals surface area contributed by atoms with Crippen molar-refractivity contribution < 1.29 is 50.0 Å². The van der Waals surface area contributed by atoms with Crippen molar-refractivity contribution >= 4 is 5.91 Å². The topological polar surface area (TPSA) is 189 Å². The van der Waals surface area contributed by atoms with Crippen molar-refractivity contribution in [1.29, 1.82) is 0 Å². The summed E-state index contributed by atoms with van der Waals surface area (Å²) in [6.07, 6.45) is -13.4. The van der Waals surface area contributed by atoms with Gasteiger partial charge in [0.2, 0.25) is 5.91 Å². The van der Waals surface area contributed by atoms with Crippen LogP contribution in [0.4, 0.5) is 0 Å². The molecule has 1 unspecified atom stereocenters. The average molecular weight is 411 g/mol. The molecule has 0 aromatic heterocycles. The number of aliphatic hydroxyl groups is 7. The zero-order valence-corrected chi connectivity index (χ0v) is 16.5. The van der Waals surface area contributed by atoms with E-state index in [4.69, 9.17) is 9.47 Å². The van der Waals surface area contributed by atoms with Crippen molar-refractivity contribution in [3.05, 3.63) is 0 Å². The Morgan fingerprint density at radius 2 is 1.68 bits per heavy atom. The minimum atomic E-state index is -1.87. The third-order valence-corrected chi connectivity index (χ3v) is 4.37. The molecule has 1 aliphatic rings. The van der Waals surface area contributed by atoms with Crippen LogP contribution in [-0.4, -0.2) is 104 Å². The lowest BCUT2D eigenvalue weighted by molar-refractivity contribution is -0.355. The van der Waals surface area contributed by atoms with E-state index >= 15 is 0 Å². The van der Waals surface area contributed by atoms with Gasteiger partial charge in [0.25, 0.3) is 0 Å². The molecule has 0 bridgehead atoms. The second-order valence-electron chi connectivity index (χ2n) is 8.28. The van der Waals surface area contributed by atoms with Gasteiger partial charge < -0.3 is 50.5 Å². The second-order valence-corrected chi connectivity index (χ2v) is 8.28. The maximum absolute atomic E-state index is 11.7. The molecule has 0 radical (unpaired) electrons. The van der Waals surface area contributed by atoms with Crippen LogP contribution in [0.1, 0.15) is 34.1 Å². The second kappa shape index (κ2) is 10.2. The summed E-state index contributed by atoms with van der Waals surface area (Å²) < 4.78 is 10.5. The van der Waals surface area contributed by atoms with Gasteiger partial charge in [-0.3, -0.25) is 4.79 Å². The number of carbonyl (C=O) groups excluding carboxylic acids is 1. The molecule has 1 aliphatic heterocycles. The van der Waals surface area contributed by atoms with Crippen molar-refractivity contribution in [1.82, 2.24) is 5.32 Å². The molecule has 1 fully saturated rings. The highest BCUT2D eigenvalue weighted by molar-refractivity contribution is 5.73. The van der Waals surface area contributed by atoms with Crippen LogP contribution in [0.15, 0.2) is 0 Å². The number of carbonyl (C=O) groups is 1. The molecule has 1 amide bonds. The standard InChI is InChI=1S/C17H33NO10/c1-7(20)18-8(5-17(2,3)4)14(10(22)9(21)6-19)27-16-13(25)11(23)12(24)15(26)28-16/h8-16,19,21-26H,5-6H2,1-4H3,(H,18,20)/t8-,9?,10-,11-,12+,13+,14+,15-,16+/m0/s1. The quantitative estimate of drug-likeness (QED) is 0.202. The first-order valence-electron chi connectivity index (χ1n) is 9.05. The fourth-order valence-corrected chi connectivity index (χ4v) is 3.01. The van der Waals surface area contributed by atoms with Crippen LogP contribution < -0.4 is 5.32 Å². The Kier molecular flexibility index (Phi) is 9.19. The van der Waals surface area contributed by atoms with Crippen LogP contribution in [0.25, 0.3) is 0 Å². The highest BCUT2D eigenvalue weighted by Crippen LogP contribution is 2.28. The minimum absolute atomic E-state index is 0.267. The molecule has 11 nitrogen and oxygen atoms in total. The van der Waals surface area contributed by atoms with Crippen LogP contribution in [0, 0.1) is 5.41 Å². The molecule has 8 N–H and O–H groups in total. The summed E-state index contributed by atoms with van der Waals surface area (Å²) in [5.74, 6) is -0.450. The summed E-state index contributed by atoms with van der Waals surface area (Å²) in [6, 6.07) is -0.884. The van der Waals surface area contributed by atoms with Gasteiger partial charge in [0, 0.05) is 6.92 Å². The minimum Gasteiger partial charge on any atom is -0.394 e. The smallest absolute Gasteiger partial charge is 0.217 e. The number of rotatable bonds is 8. The van der Waals surface area contributed by atoms with Gasteiger partial charge in [-0.1, -0.05) is 20.8 Å². The molecule has 0 aromatic rings. The SMILES string of the molecule is CC(=O)N[C@@H](CC(C)(C)C)[C@@H](O[C@@H]1O[C@H](O)[C@H](O)[C@H](O)[C@H]1O)[C@@H](O)C(O)CO. The lowest BCUT2D eigenvalue weighted by Gasteiger charge is -2.42. The first-order chi connectivity index (χ1) is 12.8. The predicted octanol–water partition coefficient (Wildman–Crippen LogP) is -3.22. The average Bonchev–Trinajstić information content (AvgIpc) is 2.58. The van der Waals surface area contributed by atoms with Crippen LogP contribution in [0.5, 0.6) is 0 Å². The predicted molar refractivity (Wildman–Crippen MR) is 94.5 cm³/mol. The first-order valence-corrected chi connectivity index (χ1v) is 9.05. The van der Waals surface area contributed by atoms with Crippen LogP contribution in [0.2, 0.25) is 0 Å². The lowest BCUT2D eigenvalue weighted by Crippen LogP contribution is -2.62. The summed E-state index contributed by atoms with van der Waals surface area (Å²) in [4.78, 5) is 11.7. The molecule has 9 atom stereocenters. The Morgan fingerprint density at radius 1 is 1.11 bits per heavy atom. The molecular formula is C17H33NO10. The summed E-state index contributed by atoms with van der Waals surface area (Å²) >= 11 is 0. The van der Waals surface area contributed by atoms with Crippen molar-refractivity contribution in [2.75, 3.05) is 6.61 Å². The van der Waals surface area contributed by atoms with Crippen molar-refractivity contribution in [2.24, 2.45) is 5.41 Å². The Labute approximate surface area is 163 Å². The van der Waals surface area contributed by atoms with Crippen LogP contribution in [-0.2, 0) is 14.3 Å². The van der Waals surface area contributed by atoms with E-state index < -0.39 is 67.8 Å². The van der Waals surface area contributed by atoms with Gasteiger partial charge in [0.15, 0.2) is 12.6 Å². The van der Waals surface area contributed by atoms with Crippen molar-refractivity contribution in [3.8, 4) is 0 Å². The van der Waals surface area contributed by atoms with E-state index in [1.807, 2.05) is 20.8 Å². The maximum atomic E-state index is 11.7. The summed E-state index contributed by atoms with van der Waals surface area (Å²) in [5, 5.41) is 71.3. The lowest BCUT2D eigenvalue weighted by atomic mass is 9.84. The third-order valence-electron chi connectivity index (χ3n) is 4.37. The number of hydrogen-bond donors (Lipinski definition) is 8. The van der Waals surface area contributed by atoms with E-state index in [1.54, 1.807) is 0 Å². The fraction of sp³-hybridized carbons (Fsp3) is 0.941. The molecule has 166 valence electrons. The van der Waals surface area contributed by atoms with Gasteiger partial charge in [-0.15, -0.1) is 0 Å². The van der Waals surface area contributed by atoms with E-state index in [-0.39, 0.29) is 11.8 Å². The van der Waals surface area contributed by atoms with E-state index in [2.05, 4.69) is 5.32 Å². The molecule has 11 heteroatoms. The zero-order valence-electron chi connectivity index (χ0n) is 16.5. The van der Waals surface area contributed by atoms with E-state index in [1.165, 1.54) is 6.92 Å². The van der Waals surface area contributed by atoms with Gasteiger partial charge in [-0.25, -0.2) is 0 Å². The Bertz CT molecular complexity index is 499. The number of hydrogen-bond acceptors (Lipinski definition) is 10. The number of aliphatic hydroxyl groups excluding tert-OH is 7. The van der Waals surface area contributed by atoms with E-state index in [0.29, 0.717) is 0 Å². The molecule has 0 aliphatic carbocycles. The first kappa shape index (κ1) is 25.1. The molecule has 0 spiro atoms. The number of ether oxygens (including phenoxy) is 2. The number of amides is 1. The van der Waals surface area contributed by atoms with Gasteiger partial charge in [0.1, 0.15) is 36.6 Å². The largest absolute Gasteiger partial charge is 0.394 e. The molecular weight excluding hydrogens is 378 g/mol. The van der Waals surface area contributed by atoms with Crippen LogP contribution in [0.3, 0.4) is 0 Å². The molecule has 0 saturated carbocycles. The summed E-state index contributed by atoms with van der Waals surface area (Å²) in [7, 11) is 0. The molecule has 1 heterocycles. The Hall–Kier alpha value is -0.890. The Balaban J connectivity index is 3.17. The summed E-state index contributed by atoms with van der Waals surface area (Å²) in [5.41, 5.74) is -0.361. The highest BCUT2D eigenvalue weighted by atomic mass is 16.8. The van der Waals surface area contributed by atoms with Gasteiger partial charge in [-0.05, 0) is 11.8 Å². The highest BCUT2D eigenvalue weighted by Gasteiger charge is 2.47. The Morgan fingerprint density at radius 3 is 2.14 bits per heavy atom. The molecule has 1 rings (SSSR count). The van der Waals surface area contributed by atoms with E-state index in [0.717, 1.165) is 0 Å². The van der Waals surface area contributed by atoms with E-state index in [9.17, 15) is 40.5 Å². The third kappa shape index (κ3) is 6.87.